The molecule has 6 nitrogen and oxygen atoms in total. The number of nitrogens with zero attached hydrogens (tertiary/aromatic N) is 3. The number of sulfone groups is 1. The van der Waals surface area contributed by atoms with Crippen molar-refractivity contribution in [1.82, 2.24) is 20.3 Å². The van der Waals surface area contributed by atoms with Gasteiger partial charge in [0.05, 0.1) is 17.2 Å². The Labute approximate surface area is 88.6 Å². The number of hydrogen-bond acceptors (Lipinski definition) is 5. The summed E-state index contributed by atoms with van der Waals surface area (Å²) in [6, 6.07) is 0. The van der Waals surface area contributed by atoms with Gasteiger partial charge in [-0.1, -0.05) is 5.21 Å². The quantitative estimate of drug-likeness (QED) is 0.714. The molecule has 1 aromatic heterocycles. The zero-order valence-electron chi connectivity index (χ0n) is 8.55. The van der Waals surface area contributed by atoms with Crippen molar-refractivity contribution < 1.29 is 8.42 Å². The van der Waals surface area contributed by atoms with E-state index in [1.54, 1.807) is 13.2 Å². The van der Waals surface area contributed by atoms with Crippen molar-refractivity contribution in [3.63, 3.8) is 0 Å². The first-order valence-corrected chi connectivity index (χ1v) is 6.64. The lowest BCUT2D eigenvalue weighted by Crippen LogP contribution is -2.45. The van der Waals surface area contributed by atoms with Gasteiger partial charge in [0.25, 0.3) is 0 Å². The molecule has 1 aromatic rings. The Balaban J connectivity index is 1.97. The maximum absolute atomic E-state index is 11.7. The first-order chi connectivity index (χ1) is 7.05. The summed E-state index contributed by atoms with van der Waals surface area (Å²) in [6.45, 7) is 1.61. The molecule has 1 aliphatic heterocycles. The molecule has 15 heavy (non-hydrogen) atoms. The zero-order valence-corrected chi connectivity index (χ0v) is 9.37. The van der Waals surface area contributed by atoms with Crippen LogP contribution in [0.2, 0.25) is 0 Å². The molecule has 0 unspecified atom stereocenters. The molecule has 0 bridgehead atoms. The molecule has 7 heteroatoms. The second-order valence-corrected chi connectivity index (χ2v) is 6.07. The van der Waals surface area contributed by atoms with Crippen molar-refractivity contribution in [3.8, 4) is 0 Å². The van der Waals surface area contributed by atoms with Gasteiger partial charge in [0, 0.05) is 26.3 Å². The van der Waals surface area contributed by atoms with Crippen molar-refractivity contribution in [1.29, 1.82) is 0 Å². The Hall–Kier alpha value is -0.950. The van der Waals surface area contributed by atoms with Crippen LogP contribution in [0.25, 0.3) is 0 Å². The predicted octanol–water partition coefficient (Wildman–Crippen LogP) is -1.05. The van der Waals surface area contributed by atoms with E-state index in [4.69, 9.17) is 0 Å². The van der Waals surface area contributed by atoms with E-state index in [0.717, 1.165) is 13.1 Å². The van der Waals surface area contributed by atoms with E-state index >= 15 is 0 Å². The highest BCUT2D eigenvalue weighted by atomic mass is 32.2. The molecule has 1 fully saturated rings. The average molecular weight is 230 g/mol. The van der Waals surface area contributed by atoms with Gasteiger partial charge in [-0.15, -0.1) is 5.10 Å². The van der Waals surface area contributed by atoms with Crippen LogP contribution in [0.5, 0.6) is 0 Å². The Morgan fingerprint density at radius 1 is 1.60 bits per heavy atom. The molecule has 0 atom stereocenters. The second-order valence-electron chi connectivity index (χ2n) is 3.96. The van der Waals surface area contributed by atoms with Crippen LogP contribution in [0.1, 0.15) is 5.69 Å². The summed E-state index contributed by atoms with van der Waals surface area (Å²) < 4.78 is 24.9. The van der Waals surface area contributed by atoms with Crippen LogP contribution in [0.4, 0.5) is 0 Å². The number of hydrogen-bond donors (Lipinski definition) is 1. The van der Waals surface area contributed by atoms with Gasteiger partial charge in [-0.05, 0) is 5.92 Å². The molecular weight excluding hydrogens is 216 g/mol. The summed E-state index contributed by atoms with van der Waals surface area (Å²) >= 11 is 0. The molecular formula is C8H14N4O2S. The number of nitrogens with one attached hydrogen (secondary N) is 1. The van der Waals surface area contributed by atoms with E-state index in [0.29, 0.717) is 5.69 Å². The lowest BCUT2D eigenvalue weighted by atomic mass is 10.1. The topological polar surface area (TPSA) is 76.9 Å². The predicted molar refractivity (Wildman–Crippen MR) is 54.9 cm³/mol. The molecule has 0 spiro atoms. The molecule has 1 saturated heterocycles. The third-order valence-electron chi connectivity index (χ3n) is 2.37. The van der Waals surface area contributed by atoms with E-state index in [1.165, 1.54) is 4.68 Å². The first-order valence-electron chi connectivity index (χ1n) is 4.81. The maximum Gasteiger partial charge on any atom is 0.156 e. The Morgan fingerprint density at radius 2 is 2.33 bits per heavy atom. The smallest absolute Gasteiger partial charge is 0.156 e. The molecule has 2 heterocycles. The Bertz CT molecular complexity index is 435. The van der Waals surface area contributed by atoms with Gasteiger partial charge in [0.2, 0.25) is 0 Å². The summed E-state index contributed by atoms with van der Waals surface area (Å²) in [4.78, 5) is 0. The Kier molecular flexibility index (Phi) is 2.74. The van der Waals surface area contributed by atoms with Gasteiger partial charge in [0.1, 0.15) is 0 Å². The molecule has 0 saturated carbocycles. The van der Waals surface area contributed by atoms with Crippen LogP contribution in [0.15, 0.2) is 6.20 Å². The van der Waals surface area contributed by atoms with Gasteiger partial charge in [-0.25, -0.2) is 8.42 Å². The number of rotatable bonds is 4. The van der Waals surface area contributed by atoms with Gasteiger partial charge in [0.15, 0.2) is 9.84 Å². The molecule has 0 radical (unpaired) electrons. The molecule has 84 valence electrons. The zero-order chi connectivity index (χ0) is 10.9. The van der Waals surface area contributed by atoms with Gasteiger partial charge < -0.3 is 5.32 Å². The standard InChI is InChI=1S/C8H14N4O2S/c1-12-4-8(10-11-12)6-15(13,14)5-7-2-9-3-7/h4,7,9H,2-3,5-6H2,1H3. The van der Waals surface area contributed by atoms with Crippen molar-refractivity contribution in [2.75, 3.05) is 18.8 Å². The highest BCUT2D eigenvalue weighted by Gasteiger charge is 2.25. The van der Waals surface area contributed by atoms with E-state index in [2.05, 4.69) is 15.6 Å². The van der Waals surface area contributed by atoms with E-state index in [-0.39, 0.29) is 17.4 Å². The summed E-state index contributed by atoms with van der Waals surface area (Å²) in [7, 11) is -1.32. The fourth-order valence-electron chi connectivity index (χ4n) is 1.57. The molecule has 0 aliphatic carbocycles. The SMILES string of the molecule is Cn1cc(CS(=O)(=O)CC2CNC2)nn1. The van der Waals surface area contributed by atoms with Crippen molar-refractivity contribution in [2.24, 2.45) is 13.0 Å². The average Bonchev–Trinajstić information content (AvgIpc) is 2.43. The van der Waals surface area contributed by atoms with E-state index < -0.39 is 9.84 Å². The summed E-state index contributed by atoms with van der Waals surface area (Å²) in [6.07, 6.45) is 1.64. The summed E-state index contributed by atoms with van der Waals surface area (Å²) in [5.41, 5.74) is 0.518. The maximum atomic E-state index is 11.7. The fraction of sp³-hybridized carbons (Fsp3) is 0.750. The molecule has 1 aliphatic rings. The largest absolute Gasteiger partial charge is 0.316 e. The van der Waals surface area contributed by atoms with Crippen molar-refractivity contribution in [2.45, 2.75) is 5.75 Å². The number of aromatic nitrogens is 3. The first kappa shape index (κ1) is 10.6. The van der Waals surface area contributed by atoms with Gasteiger partial charge in [-0.2, -0.15) is 0 Å². The highest BCUT2D eigenvalue weighted by Crippen LogP contribution is 2.10. The van der Waals surface area contributed by atoms with Gasteiger partial charge >= 0.3 is 0 Å². The van der Waals surface area contributed by atoms with Crippen LogP contribution in [-0.2, 0) is 22.6 Å². The van der Waals surface area contributed by atoms with Crippen LogP contribution in [0, 0.1) is 5.92 Å². The van der Waals surface area contributed by atoms with Crippen molar-refractivity contribution >= 4 is 9.84 Å². The summed E-state index contributed by atoms with van der Waals surface area (Å²) in [5.74, 6) is 0.514. The second kappa shape index (κ2) is 3.90. The fourth-order valence-corrected chi connectivity index (χ4v) is 3.23. The van der Waals surface area contributed by atoms with Crippen LogP contribution in [-0.4, -0.2) is 42.3 Å². The Morgan fingerprint density at radius 3 is 2.80 bits per heavy atom. The third kappa shape index (κ3) is 2.75. The summed E-state index contributed by atoms with van der Waals surface area (Å²) in [5, 5.41) is 10.5. The normalized spacial score (nSPS) is 17.7. The minimum absolute atomic E-state index is 0.00264. The molecule has 1 N–H and O–H groups in total. The highest BCUT2D eigenvalue weighted by molar-refractivity contribution is 7.90. The van der Waals surface area contributed by atoms with E-state index in [9.17, 15) is 8.42 Å². The van der Waals surface area contributed by atoms with Gasteiger partial charge in [-0.3, -0.25) is 4.68 Å². The molecule has 0 amide bonds. The minimum Gasteiger partial charge on any atom is -0.316 e. The minimum atomic E-state index is -3.04. The molecule has 2 rings (SSSR count). The van der Waals surface area contributed by atoms with Crippen LogP contribution < -0.4 is 5.32 Å². The monoisotopic (exact) mass is 230 g/mol. The number of aryl methyl sites for hydroxylation is 1. The lowest BCUT2D eigenvalue weighted by molar-refractivity contribution is 0.378. The van der Waals surface area contributed by atoms with Crippen molar-refractivity contribution in [3.05, 3.63) is 11.9 Å². The lowest BCUT2D eigenvalue weighted by Gasteiger charge is -2.26. The molecule has 0 aromatic carbocycles. The third-order valence-corrected chi connectivity index (χ3v) is 4.09. The van der Waals surface area contributed by atoms with Crippen LogP contribution in [0.3, 0.4) is 0 Å². The van der Waals surface area contributed by atoms with E-state index in [1.807, 2.05) is 0 Å². The van der Waals surface area contributed by atoms with Crippen LogP contribution >= 0.6 is 0 Å².